The molecule has 1 fully saturated rings. The van der Waals surface area contributed by atoms with Crippen LogP contribution < -0.4 is 0 Å². The molecule has 0 aromatic heterocycles. The van der Waals surface area contributed by atoms with E-state index in [1.807, 2.05) is 0 Å². The second kappa shape index (κ2) is 8.57. The lowest BCUT2D eigenvalue weighted by Gasteiger charge is -2.19. The van der Waals surface area contributed by atoms with Gasteiger partial charge in [0.1, 0.15) is 11.1 Å². The minimum atomic E-state index is -0.800. The van der Waals surface area contributed by atoms with Crippen LogP contribution in [0.1, 0.15) is 43.8 Å². The molecule has 1 atom stereocenters. The first-order chi connectivity index (χ1) is 13.0. The van der Waals surface area contributed by atoms with E-state index in [-0.39, 0.29) is 23.1 Å². The highest BCUT2D eigenvalue weighted by atomic mass is 35.5. The van der Waals surface area contributed by atoms with Gasteiger partial charge in [0.05, 0.1) is 20.3 Å². The summed E-state index contributed by atoms with van der Waals surface area (Å²) in [5.74, 6) is -1.17. The third-order valence-corrected chi connectivity index (χ3v) is 5.07. The highest BCUT2D eigenvalue weighted by molar-refractivity contribution is 6.30. The molecule has 0 saturated heterocycles. The fraction of sp³-hybridized carbons (Fsp3) is 0.450. The molecule has 0 bridgehead atoms. The van der Waals surface area contributed by atoms with Crippen molar-refractivity contribution in [3.8, 4) is 0 Å². The van der Waals surface area contributed by atoms with Crippen LogP contribution in [0.15, 0.2) is 40.4 Å². The number of methoxy groups -OCH3 is 2. The summed E-state index contributed by atoms with van der Waals surface area (Å²) in [5.41, 5.74) is 0.811. The summed E-state index contributed by atoms with van der Waals surface area (Å²) in [7, 11) is 2.53. The maximum Gasteiger partial charge on any atom is 0.344 e. The molecule has 1 aromatic rings. The smallest absolute Gasteiger partial charge is 0.344 e. The van der Waals surface area contributed by atoms with Crippen molar-refractivity contribution in [1.29, 1.82) is 0 Å². The van der Waals surface area contributed by atoms with Crippen molar-refractivity contribution in [2.24, 2.45) is 4.99 Å². The van der Waals surface area contributed by atoms with Gasteiger partial charge in [-0.25, -0.2) is 14.6 Å². The Labute approximate surface area is 163 Å². The first-order valence-corrected chi connectivity index (χ1v) is 9.34. The second-order valence-electron chi connectivity index (χ2n) is 6.55. The van der Waals surface area contributed by atoms with Crippen LogP contribution in [0.25, 0.3) is 0 Å². The monoisotopic (exact) mass is 391 g/mol. The summed E-state index contributed by atoms with van der Waals surface area (Å²) in [6.07, 6.45) is 4.42. The number of hydrogen-bond donors (Lipinski definition) is 0. The van der Waals surface area contributed by atoms with E-state index in [0.29, 0.717) is 10.6 Å². The van der Waals surface area contributed by atoms with Gasteiger partial charge in [0.15, 0.2) is 6.10 Å². The third kappa shape index (κ3) is 4.16. The van der Waals surface area contributed by atoms with E-state index in [0.717, 1.165) is 25.7 Å². The van der Waals surface area contributed by atoms with Crippen LogP contribution in [0.3, 0.4) is 0 Å². The van der Waals surface area contributed by atoms with E-state index < -0.39 is 18.0 Å². The molecule has 27 heavy (non-hydrogen) atoms. The van der Waals surface area contributed by atoms with Gasteiger partial charge in [0, 0.05) is 5.02 Å². The van der Waals surface area contributed by atoms with Crippen LogP contribution in [-0.4, -0.2) is 38.1 Å². The van der Waals surface area contributed by atoms with Crippen molar-refractivity contribution >= 4 is 29.4 Å². The average molecular weight is 392 g/mol. The summed E-state index contributed by atoms with van der Waals surface area (Å²) >= 11 is 5.96. The number of nitrogens with zero attached hydrogens (tertiary/aromatic N) is 1. The molecule has 1 aliphatic carbocycles. The zero-order valence-corrected chi connectivity index (χ0v) is 16.1. The van der Waals surface area contributed by atoms with Crippen LogP contribution in [0.5, 0.6) is 0 Å². The third-order valence-electron chi connectivity index (χ3n) is 4.82. The molecule has 1 saturated carbocycles. The van der Waals surface area contributed by atoms with Gasteiger partial charge in [0.2, 0.25) is 5.90 Å². The van der Waals surface area contributed by atoms with Crippen molar-refractivity contribution in [2.45, 2.75) is 44.2 Å². The molecule has 0 radical (unpaired) electrons. The first kappa shape index (κ1) is 19.4. The minimum Gasteiger partial charge on any atom is -0.466 e. The Hall–Kier alpha value is -2.34. The van der Waals surface area contributed by atoms with E-state index in [2.05, 4.69) is 4.99 Å². The van der Waals surface area contributed by atoms with Gasteiger partial charge in [-0.2, -0.15) is 0 Å². The molecule has 0 N–H and O–H groups in total. The molecule has 1 unspecified atom stereocenters. The van der Waals surface area contributed by atoms with E-state index in [1.54, 1.807) is 24.3 Å². The lowest BCUT2D eigenvalue weighted by molar-refractivity contribution is -0.139. The summed E-state index contributed by atoms with van der Waals surface area (Å²) in [4.78, 5) is 29.6. The predicted molar refractivity (Wildman–Crippen MR) is 101 cm³/mol. The minimum absolute atomic E-state index is 0.0369. The van der Waals surface area contributed by atoms with Gasteiger partial charge in [-0.1, -0.05) is 43.0 Å². The van der Waals surface area contributed by atoms with Crippen molar-refractivity contribution in [2.75, 3.05) is 14.2 Å². The number of carbonyl (C=O) groups excluding carboxylic acids is 2. The molecule has 6 nitrogen and oxygen atoms in total. The molecular formula is C20H22ClNO5. The first-order valence-electron chi connectivity index (χ1n) is 8.96. The highest BCUT2D eigenvalue weighted by Crippen LogP contribution is 2.38. The van der Waals surface area contributed by atoms with Crippen molar-refractivity contribution in [1.82, 2.24) is 0 Å². The average Bonchev–Trinajstić information content (AvgIpc) is 3.07. The fourth-order valence-electron chi connectivity index (χ4n) is 3.44. The molecule has 7 heteroatoms. The van der Waals surface area contributed by atoms with E-state index in [1.165, 1.54) is 20.6 Å². The van der Waals surface area contributed by atoms with Crippen LogP contribution >= 0.6 is 11.6 Å². The SMILES string of the molecule is COC(=O)C1=C(C(=O)OC)C(c2ccc(Cl)cc2)OC1=NC1CCCCC1. The second-order valence-corrected chi connectivity index (χ2v) is 6.98. The van der Waals surface area contributed by atoms with Gasteiger partial charge in [-0.3, -0.25) is 0 Å². The Bertz CT molecular complexity index is 778. The maximum absolute atomic E-state index is 12.5. The number of ether oxygens (including phenoxy) is 3. The number of carbonyl (C=O) groups is 2. The largest absolute Gasteiger partial charge is 0.466 e. The van der Waals surface area contributed by atoms with Crippen LogP contribution in [-0.2, 0) is 23.8 Å². The van der Waals surface area contributed by atoms with Gasteiger partial charge in [-0.15, -0.1) is 0 Å². The van der Waals surface area contributed by atoms with Crippen LogP contribution in [0.2, 0.25) is 5.02 Å². The van der Waals surface area contributed by atoms with Gasteiger partial charge >= 0.3 is 11.9 Å². The number of halogens is 1. The molecule has 1 aromatic carbocycles. The summed E-state index contributed by atoms with van der Waals surface area (Å²) < 4.78 is 15.8. The Balaban J connectivity index is 2.07. The summed E-state index contributed by atoms with van der Waals surface area (Å²) in [6.45, 7) is 0. The molecule has 3 rings (SSSR count). The highest BCUT2D eigenvalue weighted by Gasteiger charge is 2.42. The topological polar surface area (TPSA) is 74.2 Å². The molecule has 0 amide bonds. The molecule has 1 aliphatic heterocycles. The summed E-state index contributed by atoms with van der Waals surface area (Å²) in [5, 5.41) is 0.560. The van der Waals surface area contributed by atoms with Gasteiger partial charge in [-0.05, 0) is 30.5 Å². The molecular weight excluding hydrogens is 370 g/mol. The Morgan fingerprint density at radius 2 is 1.67 bits per heavy atom. The lowest BCUT2D eigenvalue weighted by Crippen LogP contribution is -2.19. The quantitative estimate of drug-likeness (QED) is 0.730. The molecule has 144 valence electrons. The predicted octanol–water partition coefficient (Wildman–Crippen LogP) is 3.79. The van der Waals surface area contributed by atoms with E-state index in [4.69, 9.17) is 25.8 Å². The van der Waals surface area contributed by atoms with Gasteiger partial charge in [0.25, 0.3) is 0 Å². The zero-order valence-electron chi connectivity index (χ0n) is 15.4. The molecule has 2 aliphatic rings. The number of benzene rings is 1. The normalized spacial score (nSPS) is 21.9. The van der Waals surface area contributed by atoms with Crippen molar-refractivity contribution < 1.29 is 23.8 Å². The maximum atomic E-state index is 12.5. The van der Waals surface area contributed by atoms with E-state index >= 15 is 0 Å². The van der Waals surface area contributed by atoms with Crippen molar-refractivity contribution in [3.63, 3.8) is 0 Å². The van der Waals surface area contributed by atoms with Crippen LogP contribution in [0.4, 0.5) is 0 Å². The Morgan fingerprint density at radius 1 is 1.04 bits per heavy atom. The number of hydrogen-bond acceptors (Lipinski definition) is 6. The molecule has 0 spiro atoms. The van der Waals surface area contributed by atoms with Gasteiger partial charge < -0.3 is 14.2 Å². The zero-order chi connectivity index (χ0) is 19.4. The number of esters is 2. The van der Waals surface area contributed by atoms with E-state index in [9.17, 15) is 9.59 Å². The molecule has 1 heterocycles. The number of rotatable bonds is 4. The Morgan fingerprint density at radius 3 is 2.26 bits per heavy atom. The number of aliphatic imine (C=N–C) groups is 1. The summed E-state index contributed by atoms with van der Waals surface area (Å²) in [6, 6.07) is 6.95. The Kier molecular flexibility index (Phi) is 6.16. The standard InChI is InChI=1S/C20H22ClNO5/c1-25-19(23)15-16(20(24)26-2)18(22-14-6-4-3-5-7-14)27-17(15)12-8-10-13(21)11-9-12/h8-11,14,17H,3-7H2,1-2H3. The van der Waals surface area contributed by atoms with Crippen LogP contribution in [0, 0.1) is 0 Å². The van der Waals surface area contributed by atoms with Crippen molar-refractivity contribution in [3.05, 3.63) is 46.0 Å². The fourth-order valence-corrected chi connectivity index (χ4v) is 3.56. The lowest BCUT2D eigenvalue weighted by atomic mass is 9.96.